The summed E-state index contributed by atoms with van der Waals surface area (Å²) in [5.74, 6) is -0.993. The average Bonchev–Trinajstić information content (AvgIpc) is 2.93. The molecule has 3 N–H and O–H groups in total. The average molecular weight is 288 g/mol. The van der Waals surface area contributed by atoms with Gasteiger partial charge in [0, 0.05) is 24.5 Å². The van der Waals surface area contributed by atoms with E-state index < -0.39 is 5.97 Å². The first-order chi connectivity index (χ1) is 9.97. The van der Waals surface area contributed by atoms with E-state index in [2.05, 4.69) is 15.5 Å². The predicted octanol–water partition coefficient (Wildman–Crippen LogP) is 2.08. The van der Waals surface area contributed by atoms with Crippen molar-refractivity contribution in [3.05, 3.63) is 47.3 Å². The highest BCUT2D eigenvalue weighted by atomic mass is 16.4. The van der Waals surface area contributed by atoms with Gasteiger partial charge in [-0.3, -0.25) is 5.10 Å². The molecule has 0 saturated carbocycles. The van der Waals surface area contributed by atoms with E-state index in [-0.39, 0.29) is 11.6 Å². The van der Waals surface area contributed by atoms with Crippen LogP contribution in [0.25, 0.3) is 0 Å². The molecule has 110 valence electrons. The van der Waals surface area contributed by atoms with Gasteiger partial charge in [0.1, 0.15) is 0 Å². The van der Waals surface area contributed by atoms with Crippen LogP contribution in [0.1, 0.15) is 21.5 Å². The van der Waals surface area contributed by atoms with Crippen molar-refractivity contribution in [2.24, 2.45) is 0 Å². The van der Waals surface area contributed by atoms with Gasteiger partial charge in [-0.1, -0.05) is 0 Å². The van der Waals surface area contributed by atoms with E-state index in [1.54, 1.807) is 32.4 Å². The quantitative estimate of drug-likeness (QED) is 0.802. The Balaban J connectivity index is 2.03. The van der Waals surface area contributed by atoms with Crippen LogP contribution in [0, 0.1) is 6.92 Å². The van der Waals surface area contributed by atoms with E-state index in [0.717, 1.165) is 5.56 Å². The second kappa shape index (κ2) is 6.08. The number of carbonyl (C=O) groups excluding carboxylic acids is 1. The van der Waals surface area contributed by atoms with Crippen LogP contribution in [0.15, 0.2) is 30.6 Å². The molecular weight excluding hydrogens is 272 g/mol. The predicted molar refractivity (Wildman–Crippen MR) is 77.2 cm³/mol. The fraction of sp³-hybridized carbons (Fsp3) is 0.214. The molecule has 0 atom stereocenters. The summed E-state index contributed by atoms with van der Waals surface area (Å²) in [6, 6.07) is 4.29. The first-order valence-electron chi connectivity index (χ1n) is 6.31. The van der Waals surface area contributed by atoms with E-state index >= 15 is 0 Å². The van der Waals surface area contributed by atoms with Gasteiger partial charge in [0.2, 0.25) is 0 Å². The lowest BCUT2D eigenvalue weighted by Crippen LogP contribution is -2.31. The normalized spacial score (nSPS) is 10.2. The van der Waals surface area contributed by atoms with Gasteiger partial charge < -0.3 is 15.3 Å². The van der Waals surface area contributed by atoms with Crippen LogP contribution in [0.4, 0.5) is 10.5 Å². The molecule has 0 aliphatic rings. The van der Waals surface area contributed by atoms with Crippen molar-refractivity contribution in [2.75, 3.05) is 12.4 Å². The van der Waals surface area contributed by atoms with Crippen LogP contribution >= 0.6 is 0 Å². The maximum Gasteiger partial charge on any atom is 0.335 e. The number of H-pyrrole nitrogens is 1. The number of amides is 2. The highest BCUT2D eigenvalue weighted by molar-refractivity contribution is 5.92. The van der Waals surface area contributed by atoms with Crippen molar-refractivity contribution in [1.82, 2.24) is 15.1 Å². The Kier molecular flexibility index (Phi) is 4.22. The summed E-state index contributed by atoms with van der Waals surface area (Å²) in [5, 5.41) is 18.2. The van der Waals surface area contributed by atoms with Crippen molar-refractivity contribution < 1.29 is 14.7 Å². The fourth-order valence-corrected chi connectivity index (χ4v) is 1.86. The lowest BCUT2D eigenvalue weighted by molar-refractivity contribution is 0.0697. The molecule has 7 nitrogen and oxygen atoms in total. The molecule has 1 aromatic heterocycles. The topological polar surface area (TPSA) is 98.3 Å². The van der Waals surface area contributed by atoms with Crippen molar-refractivity contribution in [2.45, 2.75) is 13.5 Å². The van der Waals surface area contributed by atoms with Crippen LogP contribution < -0.4 is 5.32 Å². The van der Waals surface area contributed by atoms with Gasteiger partial charge in [-0.25, -0.2) is 9.59 Å². The maximum atomic E-state index is 12.1. The molecule has 0 aliphatic carbocycles. The zero-order chi connectivity index (χ0) is 15.4. The van der Waals surface area contributed by atoms with Crippen LogP contribution in [-0.2, 0) is 6.54 Å². The number of aromatic carboxylic acids is 1. The fourth-order valence-electron chi connectivity index (χ4n) is 1.86. The molecule has 2 aromatic rings. The van der Waals surface area contributed by atoms with Gasteiger partial charge in [-0.2, -0.15) is 5.10 Å². The molecule has 0 unspecified atom stereocenters. The Bertz CT molecular complexity index is 652. The third kappa shape index (κ3) is 3.59. The Morgan fingerprint density at radius 1 is 1.43 bits per heavy atom. The van der Waals surface area contributed by atoms with Gasteiger partial charge >= 0.3 is 12.0 Å². The molecule has 0 saturated heterocycles. The van der Waals surface area contributed by atoms with E-state index in [0.29, 0.717) is 17.8 Å². The zero-order valence-electron chi connectivity index (χ0n) is 11.8. The largest absolute Gasteiger partial charge is 0.478 e. The Labute approximate surface area is 121 Å². The number of carboxylic acids is 1. The number of hydrogen-bond donors (Lipinski definition) is 3. The Hall–Kier alpha value is -2.83. The number of carbonyl (C=O) groups is 2. The van der Waals surface area contributed by atoms with Crippen molar-refractivity contribution in [3.8, 4) is 0 Å². The van der Waals surface area contributed by atoms with Crippen molar-refractivity contribution in [1.29, 1.82) is 0 Å². The summed E-state index contributed by atoms with van der Waals surface area (Å²) in [6.45, 7) is 2.17. The molecule has 2 amide bonds. The number of benzene rings is 1. The number of urea groups is 1. The third-order valence-electron chi connectivity index (χ3n) is 3.04. The molecule has 0 fully saturated rings. The molecule has 0 bridgehead atoms. The molecule has 1 heterocycles. The zero-order valence-corrected chi connectivity index (χ0v) is 11.8. The second-order valence-electron chi connectivity index (χ2n) is 4.73. The second-order valence-corrected chi connectivity index (χ2v) is 4.73. The summed E-state index contributed by atoms with van der Waals surface area (Å²) in [4.78, 5) is 24.5. The number of hydrogen-bond acceptors (Lipinski definition) is 3. The van der Waals surface area contributed by atoms with Crippen LogP contribution in [0.5, 0.6) is 0 Å². The minimum atomic E-state index is -0.993. The smallest absolute Gasteiger partial charge is 0.335 e. The standard InChI is InChI=1S/C14H16N4O3/c1-9-5-11(13(19)20)3-4-12(9)17-14(21)18(2)8-10-6-15-16-7-10/h3-7H,8H2,1-2H3,(H,15,16)(H,17,21)(H,19,20). The lowest BCUT2D eigenvalue weighted by atomic mass is 10.1. The third-order valence-corrected chi connectivity index (χ3v) is 3.04. The highest BCUT2D eigenvalue weighted by Crippen LogP contribution is 2.17. The summed E-state index contributed by atoms with van der Waals surface area (Å²) in [7, 11) is 1.67. The van der Waals surface area contributed by atoms with Gasteiger partial charge in [-0.05, 0) is 30.7 Å². The molecule has 0 radical (unpaired) electrons. The molecule has 2 rings (SSSR count). The minimum Gasteiger partial charge on any atom is -0.478 e. The van der Waals surface area contributed by atoms with Gasteiger partial charge in [0.25, 0.3) is 0 Å². The summed E-state index contributed by atoms with van der Waals surface area (Å²) in [6.07, 6.45) is 3.37. The van der Waals surface area contributed by atoms with Crippen LogP contribution in [-0.4, -0.2) is 39.3 Å². The molecule has 0 spiro atoms. The Morgan fingerprint density at radius 3 is 2.76 bits per heavy atom. The molecule has 0 aliphatic heterocycles. The van der Waals surface area contributed by atoms with E-state index in [1.165, 1.54) is 17.0 Å². The summed E-state index contributed by atoms with van der Waals surface area (Å²) >= 11 is 0. The van der Waals surface area contributed by atoms with Gasteiger partial charge in [0.15, 0.2) is 0 Å². The highest BCUT2D eigenvalue weighted by Gasteiger charge is 2.12. The minimum absolute atomic E-state index is 0.192. The van der Waals surface area contributed by atoms with Crippen LogP contribution in [0.3, 0.4) is 0 Å². The van der Waals surface area contributed by atoms with E-state index in [1.807, 2.05) is 0 Å². The van der Waals surface area contributed by atoms with Gasteiger partial charge in [-0.15, -0.1) is 0 Å². The van der Waals surface area contributed by atoms with Crippen LogP contribution in [0.2, 0.25) is 0 Å². The number of carboxylic acid groups (broad SMARTS) is 1. The first kappa shape index (κ1) is 14.6. The van der Waals surface area contributed by atoms with E-state index in [4.69, 9.17) is 5.11 Å². The van der Waals surface area contributed by atoms with Crippen molar-refractivity contribution >= 4 is 17.7 Å². The maximum absolute atomic E-state index is 12.1. The SMILES string of the molecule is Cc1cc(C(=O)O)ccc1NC(=O)N(C)Cc1cn[nH]c1. The number of aryl methyl sites for hydroxylation is 1. The number of nitrogens with zero attached hydrogens (tertiary/aromatic N) is 2. The monoisotopic (exact) mass is 288 g/mol. The van der Waals surface area contributed by atoms with Crippen molar-refractivity contribution in [3.63, 3.8) is 0 Å². The molecule has 7 heteroatoms. The molecule has 1 aromatic carbocycles. The van der Waals surface area contributed by atoms with E-state index in [9.17, 15) is 9.59 Å². The summed E-state index contributed by atoms with van der Waals surface area (Å²) in [5.41, 5.74) is 2.37. The molecule has 21 heavy (non-hydrogen) atoms. The first-order valence-corrected chi connectivity index (χ1v) is 6.31. The number of aromatic amines is 1. The Morgan fingerprint density at radius 2 is 2.19 bits per heavy atom. The number of aromatic nitrogens is 2. The molecular formula is C14H16N4O3. The number of rotatable bonds is 4. The lowest BCUT2D eigenvalue weighted by Gasteiger charge is -2.18. The summed E-state index contributed by atoms with van der Waals surface area (Å²) < 4.78 is 0. The number of nitrogens with one attached hydrogen (secondary N) is 2. The van der Waals surface area contributed by atoms with Gasteiger partial charge in [0.05, 0.1) is 18.3 Å². The number of anilines is 1.